The van der Waals surface area contributed by atoms with Crippen molar-refractivity contribution in [1.82, 2.24) is 4.98 Å². The highest BCUT2D eigenvalue weighted by Crippen LogP contribution is 2.23. The number of rotatable bonds is 4. The Morgan fingerprint density at radius 1 is 1.59 bits per heavy atom. The minimum absolute atomic E-state index is 0.0104. The molecule has 0 bridgehead atoms. The van der Waals surface area contributed by atoms with Crippen molar-refractivity contribution in [1.29, 1.82) is 0 Å². The molecule has 0 saturated heterocycles. The van der Waals surface area contributed by atoms with Gasteiger partial charge >= 0.3 is 5.97 Å². The molecule has 1 rings (SSSR count). The lowest BCUT2D eigenvalue weighted by molar-refractivity contribution is 0.0523. The molecule has 94 valence electrons. The summed E-state index contributed by atoms with van der Waals surface area (Å²) in [5, 5.41) is -0.0104. The van der Waals surface area contributed by atoms with Crippen LogP contribution in [0.3, 0.4) is 0 Å². The zero-order valence-corrected chi connectivity index (χ0v) is 10.4. The van der Waals surface area contributed by atoms with Crippen molar-refractivity contribution in [2.45, 2.75) is 18.7 Å². The molecule has 0 radical (unpaired) electrons. The van der Waals surface area contributed by atoms with E-state index in [1.54, 1.807) is 6.92 Å². The zero-order chi connectivity index (χ0) is 13.0. The minimum Gasteiger partial charge on any atom is -0.462 e. The number of hydrogen-bond donors (Lipinski definition) is 0. The van der Waals surface area contributed by atoms with Crippen molar-refractivity contribution >= 4 is 21.9 Å². The molecule has 0 amide bonds. The van der Waals surface area contributed by atoms with Gasteiger partial charge in [0, 0.05) is 10.9 Å². The van der Waals surface area contributed by atoms with Crippen LogP contribution in [0, 0.1) is 5.95 Å². The molecule has 0 aliphatic carbocycles. The number of alkyl halides is 3. The van der Waals surface area contributed by atoms with E-state index >= 15 is 0 Å². The molecule has 7 heteroatoms. The van der Waals surface area contributed by atoms with Crippen molar-refractivity contribution in [2.24, 2.45) is 0 Å². The van der Waals surface area contributed by atoms with Gasteiger partial charge in [0.25, 0.3) is 6.43 Å². The molecule has 3 nitrogen and oxygen atoms in total. The summed E-state index contributed by atoms with van der Waals surface area (Å²) in [7, 11) is 0. The van der Waals surface area contributed by atoms with E-state index in [9.17, 15) is 18.0 Å². The highest BCUT2D eigenvalue weighted by atomic mass is 79.9. The smallest absolute Gasteiger partial charge is 0.338 e. The van der Waals surface area contributed by atoms with Crippen molar-refractivity contribution in [2.75, 3.05) is 6.61 Å². The maximum absolute atomic E-state index is 13.4. The topological polar surface area (TPSA) is 39.2 Å². The third-order valence-electron chi connectivity index (χ3n) is 1.95. The van der Waals surface area contributed by atoms with Gasteiger partial charge in [0.05, 0.1) is 12.2 Å². The lowest BCUT2D eigenvalue weighted by atomic mass is 10.1. The summed E-state index contributed by atoms with van der Waals surface area (Å²) >= 11 is 2.96. The Kier molecular flexibility index (Phi) is 4.92. The normalized spacial score (nSPS) is 10.7. The van der Waals surface area contributed by atoms with E-state index in [1.165, 1.54) is 0 Å². The molecule has 17 heavy (non-hydrogen) atoms. The Morgan fingerprint density at radius 3 is 2.71 bits per heavy atom. The fourth-order valence-corrected chi connectivity index (χ4v) is 1.72. The first-order chi connectivity index (χ1) is 8.01. The van der Waals surface area contributed by atoms with Crippen LogP contribution in [0.15, 0.2) is 6.07 Å². The monoisotopic (exact) mass is 311 g/mol. The minimum atomic E-state index is -2.94. The van der Waals surface area contributed by atoms with E-state index in [0.29, 0.717) is 0 Å². The van der Waals surface area contributed by atoms with Crippen LogP contribution in [-0.4, -0.2) is 17.6 Å². The van der Waals surface area contributed by atoms with Crippen molar-refractivity contribution in [3.05, 3.63) is 28.8 Å². The van der Waals surface area contributed by atoms with Gasteiger partial charge in [0.2, 0.25) is 5.95 Å². The second kappa shape index (κ2) is 6.00. The van der Waals surface area contributed by atoms with Crippen LogP contribution in [-0.2, 0) is 10.1 Å². The van der Waals surface area contributed by atoms with Gasteiger partial charge in [0.15, 0.2) is 0 Å². The largest absolute Gasteiger partial charge is 0.462 e. The quantitative estimate of drug-likeness (QED) is 0.487. The number of carbonyl (C=O) groups is 1. The summed E-state index contributed by atoms with van der Waals surface area (Å²) in [6.07, 6.45) is -2.94. The molecule has 1 aromatic rings. The van der Waals surface area contributed by atoms with Crippen LogP contribution in [0.1, 0.15) is 35.0 Å². The Balaban J connectivity index is 3.28. The van der Waals surface area contributed by atoms with Crippen LogP contribution in [0.25, 0.3) is 0 Å². The summed E-state index contributed by atoms with van der Waals surface area (Å²) in [6, 6.07) is 0.850. The second-order valence-electron chi connectivity index (χ2n) is 3.02. The van der Waals surface area contributed by atoms with Crippen LogP contribution in [0.4, 0.5) is 13.2 Å². The summed E-state index contributed by atoms with van der Waals surface area (Å²) in [5.41, 5.74) is -1.10. The van der Waals surface area contributed by atoms with Crippen molar-refractivity contribution in [3.8, 4) is 0 Å². The summed E-state index contributed by atoms with van der Waals surface area (Å²) < 4.78 is 42.9. The molecule has 0 fully saturated rings. The number of pyridine rings is 1. The molecule has 0 aromatic carbocycles. The van der Waals surface area contributed by atoms with Crippen LogP contribution < -0.4 is 0 Å². The molecule has 0 aliphatic rings. The van der Waals surface area contributed by atoms with Crippen LogP contribution >= 0.6 is 15.9 Å². The standard InChI is InChI=1S/C10H9BrF3NO2/c1-2-17-10(16)5-3-7(8(12)13)15-9(14)6(5)4-11/h3,8H,2,4H2,1H3. The molecule has 1 aromatic heterocycles. The Bertz CT molecular complexity index is 426. The number of hydrogen-bond acceptors (Lipinski definition) is 3. The van der Waals surface area contributed by atoms with E-state index < -0.39 is 24.0 Å². The lowest BCUT2D eigenvalue weighted by Crippen LogP contribution is -2.12. The second-order valence-corrected chi connectivity index (χ2v) is 3.58. The van der Waals surface area contributed by atoms with Crippen LogP contribution in [0.2, 0.25) is 0 Å². The van der Waals surface area contributed by atoms with E-state index in [-0.39, 0.29) is 23.1 Å². The average Bonchev–Trinajstić information content (AvgIpc) is 2.28. The van der Waals surface area contributed by atoms with E-state index in [2.05, 4.69) is 25.7 Å². The van der Waals surface area contributed by atoms with Gasteiger partial charge < -0.3 is 4.74 Å². The van der Waals surface area contributed by atoms with E-state index in [4.69, 9.17) is 0 Å². The Labute approximate surface area is 104 Å². The predicted molar refractivity (Wildman–Crippen MR) is 57.7 cm³/mol. The molecule has 1 heterocycles. The van der Waals surface area contributed by atoms with Gasteiger partial charge in [-0.2, -0.15) is 4.39 Å². The number of ether oxygens (including phenoxy) is 1. The number of carbonyl (C=O) groups excluding carboxylic acids is 1. The van der Waals surface area contributed by atoms with Crippen LogP contribution in [0.5, 0.6) is 0 Å². The van der Waals surface area contributed by atoms with E-state index in [1.807, 2.05) is 0 Å². The Morgan fingerprint density at radius 2 is 2.24 bits per heavy atom. The third kappa shape index (κ3) is 3.18. The molecule has 0 N–H and O–H groups in total. The highest BCUT2D eigenvalue weighted by molar-refractivity contribution is 9.08. The first-order valence-electron chi connectivity index (χ1n) is 4.71. The fourth-order valence-electron chi connectivity index (χ4n) is 1.19. The molecular formula is C10H9BrF3NO2. The zero-order valence-electron chi connectivity index (χ0n) is 8.84. The molecule has 0 atom stereocenters. The summed E-state index contributed by atoms with van der Waals surface area (Å²) in [6.45, 7) is 1.64. The SMILES string of the molecule is CCOC(=O)c1cc(C(F)F)nc(F)c1CBr. The average molecular weight is 312 g/mol. The van der Waals surface area contributed by atoms with Gasteiger partial charge in [-0.3, -0.25) is 0 Å². The molecule has 0 unspecified atom stereocenters. The first-order valence-corrected chi connectivity index (χ1v) is 5.83. The predicted octanol–water partition coefficient (Wildman–Crippen LogP) is 3.23. The van der Waals surface area contributed by atoms with Gasteiger partial charge in [0.1, 0.15) is 5.69 Å². The molecule has 0 spiro atoms. The van der Waals surface area contributed by atoms with E-state index in [0.717, 1.165) is 6.07 Å². The number of nitrogens with zero attached hydrogens (tertiary/aromatic N) is 1. The summed E-state index contributed by atoms with van der Waals surface area (Å²) in [4.78, 5) is 14.6. The number of halogens is 4. The van der Waals surface area contributed by atoms with Gasteiger partial charge in [-0.05, 0) is 13.0 Å². The maximum atomic E-state index is 13.4. The third-order valence-corrected chi connectivity index (χ3v) is 2.51. The number of aromatic nitrogens is 1. The van der Waals surface area contributed by atoms with Crippen molar-refractivity contribution < 1.29 is 22.7 Å². The molecular weight excluding hydrogens is 303 g/mol. The molecule has 0 saturated carbocycles. The maximum Gasteiger partial charge on any atom is 0.338 e. The lowest BCUT2D eigenvalue weighted by Gasteiger charge is -2.09. The Hall–Kier alpha value is -1.11. The highest BCUT2D eigenvalue weighted by Gasteiger charge is 2.21. The van der Waals surface area contributed by atoms with Crippen molar-refractivity contribution in [3.63, 3.8) is 0 Å². The summed E-state index contributed by atoms with van der Waals surface area (Å²) in [5.74, 6) is -1.94. The molecule has 0 aliphatic heterocycles. The van der Waals surface area contributed by atoms with Gasteiger partial charge in [-0.1, -0.05) is 15.9 Å². The van der Waals surface area contributed by atoms with Gasteiger partial charge in [-0.25, -0.2) is 18.6 Å². The van der Waals surface area contributed by atoms with Gasteiger partial charge in [-0.15, -0.1) is 0 Å². The number of esters is 1. The fraction of sp³-hybridized carbons (Fsp3) is 0.400. The first kappa shape index (κ1) is 14.0.